The van der Waals surface area contributed by atoms with Crippen molar-refractivity contribution in [3.63, 3.8) is 0 Å². The Morgan fingerprint density at radius 3 is 2.15 bits per heavy atom. The van der Waals surface area contributed by atoms with Gasteiger partial charge in [-0.25, -0.2) is 8.42 Å². The summed E-state index contributed by atoms with van der Waals surface area (Å²) >= 11 is 0. The van der Waals surface area contributed by atoms with Gasteiger partial charge in [0.15, 0.2) is 6.61 Å². The van der Waals surface area contributed by atoms with Crippen molar-refractivity contribution in [3.8, 4) is 23.0 Å². The third-order valence-electron chi connectivity index (χ3n) is 4.51. The lowest BCUT2D eigenvalue weighted by Crippen LogP contribution is -2.20. The highest BCUT2D eigenvalue weighted by Gasteiger charge is 2.15. The van der Waals surface area contributed by atoms with Gasteiger partial charge in [-0.05, 0) is 48.5 Å². The third kappa shape index (κ3) is 6.30. The molecule has 9 nitrogen and oxygen atoms in total. The Balaban J connectivity index is 1.59. The zero-order valence-corrected chi connectivity index (χ0v) is 19.1. The Hall–Kier alpha value is -3.92. The molecule has 3 rings (SSSR count). The summed E-state index contributed by atoms with van der Waals surface area (Å²) in [5.41, 5.74) is 0.845. The largest absolute Gasteiger partial charge is 0.497 e. The van der Waals surface area contributed by atoms with Crippen LogP contribution in [0.4, 0.5) is 11.4 Å². The van der Waals surface area contributed by atoms with Gasteiger partial charge in [-0.1, -0.05) is 6.07 Å². The van der Waals surface area contributed by atoms with Gasteiger partial charge in [-0.2, -0.15) is 0 Å². The Bertz CT molecular complexity index is 1210. The van der Waals surface area contributed by atoms with Crippen molar-refractivity contribution >= 4 is 27.3 Å². The normalized spacial score (nSPS) is 10.8. The van der Waals surface area contributed by atoms with E-state index in [2.05, 4.69) is 10.0 Å². The molecule has 0 aliphatic carbocycles. The van der Waals surface area contributed by atoms with Crippen molar-refractivity contribution in [1.82, 2.24) is 0 Å². The van der Waals surface area contributed by atoms with Crippen molar-refractivity contribution in [2.24, 2.45) is 0 Å². The van der Waals surface area contributed by atoms with Gasteiger partial charge < -0.3 is 24.3 Å². The lowest BCUT2D eigenvalue weighted by Gasteiger charge is -2.12. The van der Waals surface area contributed by atoms with E-state index in [1.807, 2.05) is 0 Å². The van der Waals surface area contributed by atoms with E-state index < -0.39 is 15.9 Å². The Morgan fingerprint density at radius 1 is 0.818 bits per heavy atom. The first-order chi connectivity index (χ1) is 15.8. The van der Waals surface area contributed by atoms with Gasteiger partial charge in [-0.15, -0.1) is 0 Å². The average Bonchev–Trinajstić information content (AvgIpc) is 2.83. The molecule has 0 aliphatic heterocycles. The summed E-state index contributed by atoms with van der Waals surface area (Å²) in [5.74, 6) is 1.50. The maximum absolute atomic E-state index is 12.6. The molecule has 1 amide bonds. The molecule has 0 atom stereocenters. The van der Waals surface area contributed by atoms with Crippen LogP contribution < -0.4 is 29.0 Å². The quantitative estimate of drug-likeness (QED) is 0.464. The molecular formula is C23H24N2O7S. The molecule has 0 aromatic heterocycles. The topological polar surface area (TPSA) is 112 Å². The van der Waals surface area contributed by atoms with Gasteiger partial charge in [-0.3, -0.25) is 9.52 Å². The molecule has 10 heteroatoms. The van der Waals surface area contributed by atoms with Crippen molar-refractivity contribution in [3.05, 3.63) is 66.7 Å². The van der Waals surface area contributed by atoms with Gasteiger partial charge in [0.05, 0.1) is 37.6 Å². The number of anilines is 2. The van der Waals surface area contributed by atoms with Crippen LogP contribution in [0.1, 0.15) is 0 Å². The minimum Gasteiger partial charge on any atom is -0.497 e. The van der Waals surface area contributed by atoms with Crippen molar-refractivity contribution in [2.45, 2.75) is 4.90 Å². The van der Waals surface area contributed by atoms with E-state index in [0.717, 1.165) is 0 Å². The minimum absolute atomic E-state index is 0.0464. The highest BCUT2D eigenvalue weighted by Crippen LogP contribution is 2.29. The Labute approximate surface area is 192 Å². The van der Waals surface area contributed by atoms with Gasteiger partial charge >= 0.3 is 0 Å². The van der Waals surface area contributed by atoms with E-state index >= 15 is 0 Å². The number of ether oxygens (including phenoxy) is 4. The van der Waals surface area contributed by atoms with E-state index in [0.29, 0.717) is 34.4 Å². The second-order valence-electron chi connectivity index (χ2n) is 6.71. The first kappa shape index (κ1) is 23.7. The second-order valence-corrected chi connectivity index (χ2v) is 8.39. The summed E-state index contributed by atoms with van der Waals surface area (Å²) in [7, 11) is 0.715. The molecule has 0 bridgehead atoms. The Kier molecular flexibility index (Phi) is 7.62. The SMILES string of the molecule is COc1cccc(NS(=O)(=O)c2ccc(OCC(=O)Nc3ccc(OC)cc3OC)cc2)c1. The molecule has 3 aromatic carbocycles. The molecule has 0 radical (unpaired) electrons. The van der Waals surface area contributed by atoms with Crippen LogP contribution in [0.25, 0.3) is 0 Å². The van der Waals surface area contributed by atoms with E-state index in [9.17, 15) is 13.2 Å². The van der Waals surface area contributed by atoms with E-state index in [4.69, 9.17) is 18.9 Å². The zero-order chi connectivity index (χ0) is 23.8. The van der Waals surface area contributed by atoms with Crippen LogP contribution in [0.3, 0.4) is 0 Å². The number of carbonyl (C=O) groups excluding carboxylic acids is 1. The van der Waals surface area contributed by atoms with E-state index in [1.165, 1.54) is 45.6 Å². The maximum atomic E-state index is 12.6. The number of methoxy groups -OCH3 is 3. The fourth-order valence-corrected chi connectivity index (χ4v) is 3.90. The standard InChI is InChI=1S/C23H24N2O7S/c1-29-18-6-4-5-16(13-18)25-33(27,28)20-10-7-17(8-11-20)32-15-23(26)24-21-12-9-19(30-2)14-22(21)31-3/h4-14,25H,15H2,1-3H3,(H,24,26). The van der Waals surface area contributed by atoms with Crippen LogP contribution in [0.5, 0.6) is 23.0 Å². The number of hydrogen-bond donors (Lipinski definition) is 2. The van der Waals surface area contributed by atoms with Crippen LogP contribution in [-0.2, 0) is 14.8 Å². The molecule has 174 valence electrons. The highest BCUT2D eigenvalue weighted by atomic mass is 32.2. The number of hydrogen-bond acceptors (Lipinski definition) is 7. The molecule has 3 aromatic rings. The van der Waals surface area contributed by atoms with Crippen LogP contribution >= 0.6 is 0 Å². The lowest BCUT2D eigenvalue weighted by atomic mass is 10.2. The van der Waals surface area contributed by atoms with Crippen molar-refractivity contribution < 1.29 is 32.2 Å². The van der Waals surface area contributed by atoms with Crippen LogP contribution in [-0.4, -0.2) is 42.3 Å². The molecular weight excluding hydrogens is 448 g/mol. The van der Waals surface area contributed by atoms with Crippen LogP contribution in [0.15, 0.2) is 71.6 Å². The van der Waals surface area contributed by atoms with Gasteiger partial charge in [0.2, 0.25) is 0 Å². The number of sulfonamides is 1. The van der Waals surface area contributed by atoms with Crippen LogP contribution in [0, 0.1) is 0 Å². The van der Waals surface area contributed by atoms with Crippen molar-refractivity contribution in [1.29, 1.82) is 0 Å². The summed E-state index contributed by atoms with van der Waals surface area (Å²) in [6.45, 7) is -0.274. The molecule has 0 fully saturated rings. The molecule has 0 unspecified atom stereocenters. The number of nitrogens with one attached hydrogen (secondary N) is 2. The molecule has 0 saturated carbocycles. The predicted octanol–water partition coefficient (Wildman–Crippen LogP) is 3.53. The molecule has 33 heavy (non-hydrogen) atoms. The summed E-state index contributed by atoms with van der Waals surface area (Å²) < 4.78 is 48.7. The fourth-order valence-electron chi connectivity index (χ4n) is 2.85. The van der Waals surface area contributed by atoms with Gasteiger partial charge in [0.1, 0.15) is 23.0 Å². The number of rotatable bonds is 10. The smallest absolute Gasteiger partial charge is 0.262 e. The monoisotopic (exact) mass is 472 g/mol. The fraction of sp³-hybridized carbons (Fsp3) is 0.174. The van der Waals surface area contributed by atoms with Crippen molar-refractivity contribution in [2.75, 3.05) is 38.0 Å². The first-order valence-corrected chi connectivity index (χ1v) is 11.2. The first-order valence-electron chi connectivity index (χ1n) is 9.76. The third-order valence-corrected chi connectivity index (χ3v) is 5.91. The molecule has 0 aliphatic rings. The molecule has 0 spiro atoms. The van der Waals surface area contributed by atoms with Gasteiger partial charge in [0.25, 0.3) is 15.9 Å². The number of amides is 1. The number of carbonyl (C=O) groups is 1. The lowest BCUT2D eigenvalue weighted by molar-refractivity contribution is -0.118. The highest BCUT2D eigenvalue weighted by molar-refractivity contribution is 7.92. The maximum Gasteiger partial charge on any atom is 0.262 e. The zero-order valence-electron chi connectivity index (χ0n) is 18.3. The van der Waals surface area contributed by atoms with E-state index in [1.54, 1.807) is 42.5 Å². The molecule has 0 saturated heterocycles. The summed E-state index contributed by atoms with van der Waals surface area (Å²) in [6, 6.07) is 17.3. The van der Waals surface area contributed by atoms with Crippen LogP contribution in [0.2, 0.25) is 0 Å². The number of benzene rings is 3. The summed E-state index contributed by atoms with van der Waals surface area (Å²) in [6.07, 6.45) is 0. The second kappa shape index (κ2) is 10.6. The van der Waals surface area contributed by atoms with Gasteiger partial charge in [0, 0.05) is 12.1 Å². The summed E-state index contributed by atoms with van der Waals surface area (Å²) in [4.78, 5) is 12.3. The molecule has 2 N–H and O–H groups in total. The average molecular weight is 473 g/mol. The predicted molar refractivity (Wildman–Crippen MR) is 124 cm³/mol. The Morgan fingerprint density at radius 2 is 1.48 bits per heavy atom. The summed E-state index contributed by atoms with van der Waals surface area (Å²) in [5, 5.41) is 2.69. The van der Waals surface area contributed by atoms with E-state index in [-0.39, 0.29) is 11.5 Å². The molecule has 0 heterocycles. The minimum atomic E-state index is -3.81.